The Bertz CT molecular complexity index is 981. The highest BCUT2D eigenvalue weighted by Gasteiger charge is 2.56. The molecule has 5 nitrogen and oxygen atoms in total. The molecule has 2 fully saturated rings. The van der Waals surface area contributed by atoms with E-state index in [1.807, 2.05) is 52.0 Å². The number of carbonyl (C=O) groups is 1. The van der Waals surface area contributed by atoms with Crippen LogP contribution in [0.4, 0.5) is 0 Å². The molecule has 4 rings (SSSR count). The summed E-state index contributed by atoms with van der Waals surface area (Å²) in [6.45, 7) is 10.5. The molecule has 2 aliphatic rings. The van der Waals surface area contributed by atoms with Gasteiger partial charge in [0.25, 0.3) is 0 Å². The second-order valence-electron chi connectivity index (χ2n) is 9.97. The zero-order valence-electron chi connectivity index (χ0n) is 20.0. The Labute approximate surface area is 201 Å². The van der Waals surface area contributed by atoms with E-state index in [4.69, 9.17) is 30.5 Å². The lowest BCUT2D eigenvalue weighted by Crippen LogP contribution is -2.39. The maximum absolute atomic E-state index is 12.2. The minimum absolute atomic E-state index is 0.0142. The number of rotatable bonds is 7. The molecule has 5 atom stereocenters. The highest BCUT2D eigenvalue weighted by molar-refractivity contribution is 6.31. The van der Waals surface area contributed by atoms with Gasteiger partial charge in [-0.25, -0.2) is 0 Å². The summed E-state index contributed by atoms with van der Waals surface area (Å²) in [5.74, 6) is 0.828. The predicted molar refractivity (Wildman–Crippen MR) is 128 cm³/mol. The van der Waals surface area contributed by atoms with E-state index in [9.17, 15) is 4.79 Å². The maximum atomic E-state index is 12.2. The van der Waals surface area contributed by atoms with Crippen molar-refractivity contribution < 1.29 is 23.7 Å². The highest BCUT2D eigenvalue weighted by Crippen LogP contribution is 2.47. The second kappa shape index (κ2) is 9.65. The molecule has 0 saturated carbocycles. The lowest BCUT2D eigenvalue weighted by Gasteiger charge is -2.32. The van der Waals surface area contributed by atoms with E-state index < -0.39 is 5.41 Å². The van der Waals surface area contributed by atoms with Crippen LogP contribution < -0.4 is 4.74 Å². The third-order valence-corrected chi connectivity index (χ3v) is 6.63. The average Bonchev–Trinajstić information content (AvgIpc) is 3.57. The largest absolute Gasteiger partial charge is 0.494 e. The molecule has 2 aliphatic heterocycles. The smallest absolute Gasteiger partial charge is 0.311 e. The first-order valence-electron chi connectivity index (χ1n) is 11.7. The van der Waals surface area contributed by atoms with Gasteiger partial charge in [0.1, 0.15) is 24.6 Å². The highest BCUT2D eigenvalue weighted by atomic mass is 35.5. The Hall–Kier alpha value is -2.08. The first-order chi connectivity index (χ1) is 15.7. The van der Waals surface area contributed by atoms with Crippen LogP contribution in [-0.4, -0.2) is 37.5 Å². The first kappa shape index (κ1) is 24.1. The summed E-state index contributed by atoms with van der Waals surface area (Å²) in [7, 11) is 0. The minimum Gasteiger partial charge on any atom is -0.494 e. The second-order valence-corrected chi connectivity index (χ2v) is 10.4. The van der Waals surface area contributed by atoms with Gasteiger partial charge in [0.05, 0.1) is 24.2 Å². The van der Waals surface area contributed by atoms with Crippen LogP contribution in [0.2, 0.25) is 5.02 Å². The summed E-state index contributed by atoms with van der Waals surface area (Å²) in [4.78, 5) is 12.2. The van der Waals surface area contributed by atoms with E-state index in [1.165, 1.54) is 0 Å². The van der Waals surface area contributed by atoms with Crippen LogP contribution in [0.1, 0.15) is 57.4 Å². The van der Waals surface area contributed by atoms with Crippen LogP contribution in [0.5, 0.6) is 5.75 Å². The third-order valence-electron chi connectivity index (χ3n) is 6.26. The third kappa shape index (κ3) is 5.53. The summed E-state index contributed by atoms with van der Waals surface area (Å²) >= 11 is 6.55. The zero-order valence-corrected chi connectivity index (χ0v) is 20.7. The minimum atomic E-state index is -0.545. The van der Waals surface area contributed by atoms with Crippen molar-refractivity contribution in [2.45, 2.75) is 65.5 Å². The van der Waals surface area contributed by atoms with Gasteiger partial charge in [-0.1, -0.05) is 42.8 Å². The number of hydrogen-bond acceptors (Lipinski definition) is 5. The summed E-state index contributed by atoms with van der Waals surface area (Å²) in [6.07, 6.45) is 0.401. The van der Waals surface area contributed by atoms with Crippen LogP contribution in [0.3, 0.4) is 0 Å². The fourth-order valence-electron chi connectivity index (χ4n) is 4.31. The van der Waals surface area contributed by atoms with Gasteiger partial charge in [0.2, 0.25) is 0 Å². The SMILES string of the molecule is CCOc1ccc(Cc2cc(C3OC(COC(=O)C(C)(C)C)C4OC4C3C)ccc2Cl)cc1. The number of benzene rings is 2. The lowest BCUT2D eigenvalue weighted by molar-refractivity contribution is -0.162. The Kier molecular flexibility index (Phi) is 7.04. The molecule has 6 heteroatoms. The molecular formula is C27H33ClO5. The van der Waals surface area contributed by atoms with Crippen LogP contribution in [-0.2, 0) is 25.4 Å². The van der Waals surface area contributed by atoms with Crippen molar-refractivity contribution in [3.05, 3.63) is 64.2 Å². The molecule has 33 heavy (non-hydrogen) atoms. The number of epoxide rings is 1. The summed E-state index contributed by atoms with van der Waals surface area (Å²) in [5, 5.41) is 0.729. The van der Waals surface area contributed by atoms with Gasteiger partial charge in [0, 0.05) is 10.9 Å². The molecule has 2 aromatic rings. The van der Waals surface area contributed by atoms with E-state index in [1.54, 1.807) is 0 Å². The van der Waals surface area contributed by atoms with Gasteiger partial charge >= 0.3 is 5.97 Å². The monoisotopic (exact) mass is 472 g/mol. The Balaban J connectivity index is 1.48. The molecule has 2 saturated heterocycles. The topological polar surface area (TPSA) is 57.3 Å². The zero-order chi connectivity index (χ0) is 23.8. The fourth-order valence-corrected chi connectivity index (χ4v) is 4.49. The van der Waals surface area contributed by atoms with E-state index in [0.29, 0.717) is 6.61 Å². The number of fused-ring (bicyclic) bond motifs is 1. The summed E-state index contributed by atoms with van der Waals surface area (Å²) < 4.78 is 23.4. The number of ether oxygens (including phenoxy) is 4. The first-order valence-corrected chi connectivity index (χ1v) is 12.0. The number of esters is 1. The molecule has 178 valence electrons. The molecule has 0 aliphatic carbocycles. The van der Waals surface area contributed by atoms with Gasteiger partial charge in [0.15, 0.2) is 0 Å². The molecule has 0 aromatic heterocycles. The molecule has 5 unspecified atom stereocenters. The van der Waals surface area contributed by atoms with Crippen molar-refractivity contribution >= 4 is 17.6 Å². The van der Waals surface area contributed by atoms with Gasteiger partial charge in [-0.3, -0.25) is 4.79 Å². The van der Waals surface area contributed by atoms with Crippen molar-refractivity contribution in [1.82, 2.24) is 0 Å². The molecule has 0 N–H and O–H groups in total. The van der Waals surface area contributed by atoms with E-state index >= 15 is 0 Å². The molecule has 0 bridgehead atoms. The normalized spacial score (nSPS) is 26.4. The van der Waals surface area contributed by atoms with Gasteiger partial charge in [-0.05, 0) is 69.0 Å². The summed E-state index contributed by atoms with van der Waals surface area (Å²) in [6, 6.07) is 14.2. The van der Waals surface area contributed by atoms with Gasteiger partial charge in [-0.15, -0.1) is 0 Å². The van der Waals surface area contributed by atoms with Gasteiger partial charge in [-0.2, -0.15) is 0 Å². The average molecular weight is 473 g/mol. The van der Waals surface area contributed by atoms with E-state index in [0.717, 1.165) is 33.9 Å². The number of halogens is 1. The van der Waals surface area contributed by atoms with Crippen molar-refractivity contribution in [3.8, 4) is 5.75 Å². The van der Waals surface area contributed by atoms with Crippen LogP contribution in [0.15, 0.2) is 42.5 Å². The van der Waals surface area contributed by atoms with Crippen molar-refractivity contribution in [2.75, 3.05) is 13.2 Å². The summed E-state index contributed by atoms with van der Waals surface area (Å²) in [5.41, 5.74) is 2.72. The van der Waals surface area contributed by atoms with Crippen molar-refractivity contribution in [2.24, 2.45) is 11.3 Å². The Morgan fingerprint density at radius 3 is 2.45 bits per heavy atom. The van der Waals surface area contributed by atoms with E-state index in [2.05, 4.69) is 25.1 Å². The van der Waals surface area contributed by atoms with E-state index in [-0.39, 0.29) is 42.9 Å². The quantitative estimate of drug-likeness (QED) is 0.378. The molecule has 2 aromatic carbocycles. The predicted octanol–water partition coefficient (Wildman–Crippen LogP) is 5.76. The van der Waals surface area contributed by atoms with Crippen LogP contribution in [0, 0.1) is 11.3 Å². The van der Waals surface area contributed by atoms with Crippen molar-refractivity contribution in [3.63, 3.8) is 0 Å². The Morgan fingerprint density at radius 1 is 1.06 bits per heavy atom. The number of carbonyl (C=O) groups excluding carboxylic acids is 1. The van der Waals surface area contributed by atoms with Crippen LogP contribution >= 0.6 is 11.6 Å². The molecule has 0 spiro atoms. The molecule has 2 heterocycles. The molecular weight excluding hydrogens is 440 g/mol. The van der Waals surface area contributed by atoms with Crippen LogP contribution in [0.25, 0.3) is 0 Å². The molecule has 0 radical (unpaired) electrons. The Morgan fingerprint density at radius 2 is 1.79 bits per heavy atom. The lowest BCUT2D eigenvalue weighted by atomic mass is 9.88. The molecule has 0 amide bonds. The fraction of sp³-hybridized carbons (Fsp3) is 0.519. The maximum Gasteiger partial charge on any atom is 0.311 e. The standard InChI is InChI=1S/C27H33ClO5/c1-6-30-20-10-7-17(8-11-20)13-19-14-18(9-12-21(19)28)23-16(2)24-25(33-24)22(32-23)15-31-26(29)27(3,4)5/h7-12,14,16,22-25H,6,13,15H2,1-5H3. The van der Waals surface area contributed by atoms with Crippen molar-refractivity contribution in [1.29, 1.82) is 0 Å². The number of hydrogen-bond donors (Lipinski definition) is 0. The van der Waals surface area contributed by atoms with Gasteiger partial charge < -0.3 is 18.9 Å².